The van der Waals surface area contributed by atoms with Crippen LogP contribution < -0.4 is 10.6 Å². The number of ether oxygens (including phenoxy) is 2. The van der Waals surface area contributed by atoms with E-state index in [9.17, 15) is 0 Å². The molecule has 0 radical (unpaired) electrons. The molecule has 0 amide bonds. The van der Waals surface area contributed by atoms with Gasteiger partial charge in [0.2, 0.25) is 0 Å². The minimum atomic E-state index is 0.660. The molecule has 0 aromatic heterocycles. The number of nitrogens with zero attached hydrogens (tertiary/aromatic N) is 2. The summed E-state index contributed by atoms with van der Waals surface area (Å²) in [5, 5.41) is 6.63. The van der Waals surface area contributed by atoms with Crippen molar-refractivity contribution < 1.29 is 9.47 Å². The van der Waals surface area contributed by atoms with Crippen LogP contribution in [-0.2, 0) is 9.47 Å². The average Bonchev–Trinajstić information content (AvgIpc) is 2.65. The van der Waals surface area contributed by atoms with Gasteiger partial charge in [0.1, 0.15) is 0 Å². The Labute approximate surface area is 161 Å². The fourth-order valence-corrected chi connectivity index (χ4v) is 2.92. The Balaban J connectivity index is 2.03. The summed E-state index contributed by atoms with van der Waals surface area (Å²) >= 11 is 0. The number of guanidine groups is 1. The van der Waals surface area contributed by atoms with Crippen molar-refractivity contribution in [2.24, 2.45) is 10.9 Å². The summed E-state index contributed by atoms with van der Waals surface area (Å²) in [6.45, 7) is 15.7. The Hall–Kier alpha value is -0.850. The van der Waals surface area contributed by atoms with Crippen LogP contribution >= 0.6 is 0 Å². The van der Waals surface area contributed by atoms with E-state index in [-0.39, 0.29) is 0 Å². The van der Waals surface area contributed by atoms with Crippen molar-refractivity contribution in [3.8, 4) is 0 Å². The zero-order valence-electron chi connectivity index (χ0n) is 17.4. The van der Waals surface area contributed by atoms with Crippen molar-refractivity contribution in [2.45, 2.75) is 52.9 Å². The second-order valence-electron chi connectivity index (χ2n) is 7.14. The largest absolute Gasteiger partial charge is 0.379 e. The van der Waals surface area contributed by atoms with Crippen molar-refractivity contribution in [3.63, 3.8) is 0 Å². The lowest BCUT2D eigenvalue weighted by Crippen LogP contribution is -2.39. The van der Waals surface area contributed by atoms with Gasteiger partial charge in [0, 0.05) is 26.2 Å². The molecular formula is C20H42N4O2. The monoisotopic (exact) mass is 370 g/mol. The minimum absolute atomic E-state index is 0.660. The molecule has 0 saturated carbocycles. The van der Waals surface area contributed by atoms with E-state index in [0.717, 1.165) is 57.5 Å². The number of piperidine rings is 1. The molecule has 0 aromatic carbocycles. The molecule has 0 atom stereocenters. The second-order valence-corrected chi connectivity index (χ2v) is 7.14. The lowest BCUT2D eigenvalue weighted by atomic mass is 9.99. The highest BCUT2D eigenvalue weighted by Crippen LogP contribution is 2.15. The number of unbranched alkanes of at least 4 members (excludes halogenated alkanes) is 1. The highest BCUT2D eigenvalue weighted by Gasteiger charge is 2.14. The van der Waals surface area contributed by atoms with Gasteiger partial charge in [0.25, 0.3) is 0 Å². The maximum atomic E-state index is 5.58. The topological polar surface area (TPSA) is 58.1 Å². The van der Waals surface area contributed by atoms with Crippen LogP contribution in [0.25, 0.3) is 0 Å². The number of rotatable bonds is 14. The molecule has 1 rings (SSSR count). The number of nitrogens with one attached hydrogen (secondary N) is 2. The van der Waals surface area contributed by atoms with Gasteiger partial charge in [0.05, 0.1) is 19.8 Å². The summed E-state index contributed by atoms with van der Waals surface area (Å²) in [4.78, 5) is 7.24. The second kappa shape index (κ2) is 16.3. The zero-order valence-corrected chi connectivity index (χ0v) is 17.4. The molecule has 0 spiro atoms. The van der Waals surface area contributed by atoms with Gasteiger partial charge < -0.3 is 25.0 Å². The minimum Gasteiger partial charge on any atom is -0.379 e. The van der Waals surface area contributed by atoms with Crippen LogP contribution in [0.1, 0.15) is 52.9 Å². The Morgan fingerprint density at radius 1 is 1.00 bits per heavy atom. The predicted molar refractivity (Wildman–Crippen MR) is 110 cm³/mol. The van der Waals surface area contributed by atoms with Gasteiger partial charge in [-0.1, -0.05) is 20.3 Å². The van der Waals surface area contributed by atoms with Crippen molar-refractivity contribution >= 4 is 5.96 Å². The molecule has 1 saturated heterocycles. The van der Waals surface area contributed by atoms with E-state index < -0.39 is 0 Å². The van der Waals surface area contributed by atoms with Gasteiger partial charge in [-0.15, -0.1) is 0 Å². The highest BCUT2D eigenvalue weighted by atomic mass is 16.5. The third kappa shape index (κ3) is 12.5. The number of hydrogen-bond acceptors (Lipinski definition) is 4. The molecule has 26 heavy (non-hydrogen) atoms. The first-order valence-corrected chi connectivity index (χ1v) is 10.7. The standard InChI is InChI=1S/C20H42N4O2/c1-4-6-15-25-17-18-26-16-11-23-20(21-5-2)22-10-7-12-24-13-8-19(3)9-14-24/h19H,4-18H2,1-3H3,(H2,21,22,23). The van der Waals surface area contributed by atoms with Crippen LogP contribution in [0.2, 0.25) is 0 Å². The van der Waals surface area contributed by atoms with Crippen LogP contribution in [-0.4, -0.2) is 76.6 Å². The van der Waals surface area contributed by atoms with Crippen molar-refractivity contribution in [2.75, 3.05) is 65.7 Å². The third-order valence-electron chi connectivity index (χ3n) is 4.68. The SMILES string of the molecule is CCCCOCCOCCNC(=NCCCN1CCC(C)CC1)NCC. The number of likely N-dealkylation sites (tertiary alicyclic amines) is 1. The van der Waals surface area contributed by atoms with E-state index in [1.807, 2.05) is 0 Å². The van der Waals surface area contributed by atoms with Gasteiger partial charge in [-0.05, 0) is 58.2 Å². The van der Waals surface area contributed by atoms with Gasteiger partial charge in [-0.2, -0.15) is 0 Å². The van der Waals surface area contributed by atoms with Crippen molar-refractivity contribution in [3.05, 3.63) is 0 Å². The van der Waals surface area contributed by atoms with Crippen LogP contribution in [0.5, 0.6) is 0 Å². The van der Waals surface area contributed by atoms with Crippen LogP contribution in [0.4, 0.5) is 0 Å². The molecule has 0 bridgehead atoms. The first kappa shape index (κ1) is 23.2. The van der Waals surface area contributed by atoms with E-state index in [2.05, 4.69) is 41.3 Å². The average molecular weight is 371 g/mol. The highest BCUT2D eigenvalue weighted by molar-refractivity contribution is 5.79. The first-order valence-electron chi connectivity index (χ1n) is 10.7. The number of aliphatic imine (C=N–C) groups is 1. The van der Waals surface area contributed by atoms with Gasteiger partial charge in [-0.25, -0.2) is 0 Å². The van der Waals surface area contributed by atoms with E-state index in [1.54, 1.807) is 0 Å². The third-order valence-corrected chi connectivity index (χ3v) is 4.68. The van der Waals surface area contributed by atoms with Gasteiger partial charge in [-0.3, -0.25) is 4.99 Å². The fraction of sp³-hybridized carbons (Fsp3) is 0.950. The van der Waals surface area contributed by atoms with Crippen molar-refractivity contribution in [1.29, 1.82) is 0 Å². The summed E-state index contributed by atoms with van der Waals surface area (Å²) < 4.78 is 11.1. The summed E-state index contributed by atoms with van der Waals surface area (Å²) in [7, 11) is 0. The summed E-state index contributed by atoms with van der Waals surface area (Å²) in [6.07, 6.45) is 6.11. The molecule has 6 heteroatoms. The van der Waals surface area contributed by atoms with Crippen LogP contribution in [0.3, 0.4) is 0 Å². The molecule has 0 unspecified atom stereocenters. The molecule has 1 fully saturated rings. The number of hydrogen-bond donors (Lipinski definition) is 2. The lowest BCUT2D eigenvalue weighted by molar-refractivity contribution is 0.0487. The van der Waals surface area contributed by atoms with Crippen LogP contribution in [0, 0.1) is 5.92 Å². The molecule has 2 N–H and O–H groups in total. The van der Waals surface area contributed by atoms with Gasteiger partial charge in [0.15, 0.2) is 5.96 Å². The summed E-state index contributed by atoms with van der Waals surface area (Å²) in [6, 6.07) is 0. The maximum absolute atomic E-state index is 5.58. The maximum Gasteiger partial charge on any atom is 0.191 e. The smallest absolute Gasteiger partial charge is 0.191 e. The molecule has 154 valence electrons. The zero-order chi connectivity index (χ0) is 18.9. The lowest BCUT2D eigenvalue weighted by Gasteiger charge is -2.29. The van der Waals surface area contributed by atoms with E-state index in [0.29, 0.717) is 19.8 Å². The quantitative estimate of drug-likeness (QED) is 0.279. The van der Waals surface area contributed by atoms with E-state index >= 15 is 0 Å². The summed E-state index contributed by atoms with van der Waals surface area (Å²) in [5.41, 5.74) is 0. The normalized spacial score (nSPS) is 16.8. The molecule has 1 aliphatic heterocycles. The molecule has 1 heterocycles. The van der Waals surface area contributed by atoms with E-state index in [1.165, 1.54) is 32.4 Å². The Morgan fingerprint density at radius 2 is 1.73 bits per heavy atom. The summed E-state index contributed by atoms with van der Waals surface area (Å²) in [5.74, 6) is 1.79. The van der Waals surface area contributed by atoms with Crippen molar-refractivity contribution in [1.82, 2.24) is 15.5 Å². The van der Waals surface area contributed by atoms with Gasteiger partial charge >= 0.3 is 0 Å². The molecule has 0 aromatic rings. The first-order chi connectivity index (χ1) is 12.8. The fourth-order valence-electron chi connectivity index (χ4n) is 2.92. The predicted octanol–water partition coefficient (Wildman–Crippen LogP) is 2.50. The molecule has 1 aliphatic rings. The molecule has 6 nitrogen and oxygen atoms in total. The van der Waals surface area contributed by atoms with Crippen LogP contribution in [0.15, 0.2) is 4.99 Å². The Kier molecular flexibility index (Phi) is 14.6. The van der Waals surface area contributed by atoms with E-state index in [4.69, 9.17) is 9.47 Å². The Bertz CT molecular complexity index is 345. The Morgan fingerprint density at radius 3 is 2.42 bits per heavy atom. The molecule has 0 aliphatic carbocycles. The molecular weight excluding hydrogens is 328 g/mol.